The molecule has 1 atom stereocenters. The van der Waals surface area contributed by atoms with Gasteiger partial charge >= 0.3 is 0 Å². The van der Waals surface area contributed by atoms with Gasteiger partial charge in [0.25, 0.3) is 0 Å². The van der Waals surface area contributed by atoms with Gasteiger partial charge in [0.1, 0.15) is 5.75 Å². The van der Waals surface area contributed by atoms with Gasteiger partial charge in [-0.1, -0.05) is 17.7 Å². The molecule has 0 spiro atoms. The lowest BCUT2D eigenvalue weighted by Crippen LogP contribution is -2.16. The number of benzene rings is 1. The van der Waals surface area contributed by atoms with E-state index in [4.69, 9.17) is 10.5 Å². The van der Waals surface area contributed by atoms with Gasteiger partial charge < -0.3 is 15.4 Å². The molecule has 1 aromatic carbocycles. The van der Waals surface area contributed by atoms with Crippen LogP contribution in [0.25, 0.3) is 0 Å². The Morgan fingerprint density at radius 3 is 2.65 bits per heavy atom. The normalized spacial score (nSPS) is 12.8. The number of ether oxygens (including phenoxy) is 1. The number of hydrogen-bond donors (Lipinski definition) is 1. The van der Waals surface area contributed by atoms with Gasteiger partial charge in [0.2, 0.25) is 0 Å². The Kier molecular flexibility index (Phi) is 5.45. The van der Waals surface area contributed by atoms with Gasteiger partial charge in [-0.3, -0.25) is 0 Å². The molecule has 0 heterocycles. The van der Waals surface area contributed by atoms with Crippen LogP contribution in [0.5, 0.6) is 5.75 Å². The van der Waals surface area contributed by atoms with Crippen molar-refractivity contribution >= 4 is 0 Å². The molecule has 0 aliphatic carbocycles. The Bertz CT molecular complexity index is 348. The van der Waals surface area contributed by atoms with Crippen LogP contribution in [0.2, 0.25) is 0 Å². The molecule has 0 amide bonds. The third-order valence-electron chi connectivity index (χ3n) is 2.66. The van der Waals surface area contributed by atoms with Crippen molar-refractivity contribution in [2.24, 2.45) is 5.73 Å². The summed E-state index contributed by atoms with van der Waals surface area (Å²) in [7, 11) is 4.14. The van der Waals surface area contributed by atoms with Crippen LogP contribution in [-0.4, -0.2) is 32.1 Å². The lowest BCUT2D eigenvalue weighted by Gasteiger charge is -2.15. The fourth-order valence-electron chi connectivity index (χ4n) is 1.72. The maximum absolute atomic E-state index is 5.95. The molecular weight excluding hydrogens is 212 g/mol. The molecule has 0 fully saturated rings. The first-order chi connectivity index (χ1) is 8.00. The quantitative estimate of drug-likeness (QED) is 0.771. The van der Waals surface area contributed by atoms with Crippen LogP contribution < -0.4 is 10.5 Å². The van der Waals surface area contributed by atoms with Gasteiger partial charge in [0, 0.05) is 18.2 Å². The third-order valence-corrected chi connectivity index (χ3v) is 2.66. The van der Waals surface area contributed by atoms with Crippen molar-refractivity contribution in [1.82, 2.24) is 4.90 Å². The average Bonchev–Trinajstić information content (AvgIpc) is 2.25. The molecule has 1 aromatic rings. The molecule has 96 valence electrons. The number of nitrogens with zero attached hydrogens (tertiary/aromatic N) is 1. The van der Waals surface area contributed by atoms with Crippen molar-refractivity contribution in [2.75, 3.05) is 27.2 Å². The number of hydrogen-bond acceptors (Lipinski definition) is 3. The van der Waals surface area contributed by atoms with Gasteiger partial charge in [-0.05, 0) is 40.4 Å². The first-order valence-electron chi connectivity index (χ1n) is 6.14. The van der Waals surface area contributed by atoms with E-state index in [2.05, 4.69) is 38.1 Å². The second-order valence-corrected chi connectivity index (χ2v) is 4.84. The monoisotopic (exact) mass is 236 g/mol. The van der Waals surface area contributed by atoms with Crippen molar-refractivity contribution in [2.45, 2.75) is 26.3 Å². The zero-order valence-corrected chi connectivity index (χ0v) is 11.4. The van der Waals surface area contributed by atoms with Gasteiger partial charge in [-0.2, -0.15) is 0 Å². The molecule has 0 bridgehead atoms. The minimum absolute atomic E-state index is 0.0127. The summed E-state index contributed by atoms with van der Waals surface area (Å²) in [6.45, 7) is 5.84. The van der Waals surface area contributed by atoms with Crippen molar-refractivity contribution in [3.05, 3.63) is 29.3 Å². The highest BCUT2D eigenvalue weighted by Gasteiger charge is 2.08. The Morgan fingerprint density at radius 2 is 2.06 bits per heavy atom. The Morgan fingerprint density at radius 1 is 1.35 bits per heavy atom. The van der Waals surface area contributed by atoms with E-state index < -0.39 is 0 Å². The lowest BCUT2D eigenvalue weighted by molar-refractivity contribution is 0.278. The molecule has 0 aliphatic heterocycles. The minimum atomic E-state index is 0.0127. The highest BCUT2D eigenvalue weighted by Crippen LogP contribution is 2.25. The molecule has 0 aliphatic rings. The summed E-state index contributed by atoms with van der Waals surface area (Å²) in [5, 5.41) is 0. The molecule has 3 heteroatoms. The Balaban J connectivity index is 2.58. The SMILES string of the molecule is Cc1ccc(OCCCN(C)C)c([C@@H](C)N)c1. The first-order valence-corrected chi connectivity index (χ1v) is 6.14. The predicted molar refractivity (Wildman–Crippen MR) is 72.4 cm³/mol. The molecule has 0 saturated carbocycles. The standard InChI is InChI=1S/C14H24N2O/c1-11-6-7-14(13(10-11)12(2)15)17-9-5-8-16(3)4/h6-7,10,12H,5,8-9,15H2,1-4H3/t12-/m1/s1. The fraction of sp³-hybridized carbons (Fsp3) is 0.571. The molecule has 0 aromatic heterocycles. The molecule has 0 saturated heterocycles. The molecule has 17 heavy (non-hydrogen) atoms. The van der Waals surface area contributed by atoms with E-state index in [0.717, 1.165) is 30.9 Å². The number of rotatable bonds is 6. The van der Waals surface area contributed by atoms with E-state index in [9.17, 15) is 0 Å². The van der Waals surface area contributed by atoms with Crippen LogP contribution in [0.3, 0.4) is 0 Å². The van der Waals surface area contributed by atoms with Crippen LogP contribution in [-0.2, 0) is 0 Å². The summed E-state index contributed by atoms with van der Waals surface area (Å²) >= 11 is 0. The largest absolute Gasteiger partial charge is 0.493 e. The topological polar surface area (TPSA) is 38.5 Å². The molecule has 2 N–H and O–H groups in total. The van der Waals surface area contributed by atoms with Gasteiger partial charge in [0.15, 0.2) is 0 Å². The first kappa shape index (κ1) is 14.0. The molecular formula is C14H24N2O. The zero-order valence-electron chi connectivity index (χ0n) is 11.4. The molecule has 1 rings (SSSR count). The van der Waals surface area contributed by atoms with Gasteiger partial charge in [-0.25, -0.2) is 0 Å². The maximum atomic E-state index is 5.95. The lowest BCUT2D eigenvalue weighted by atomic mass is 10.1. The van der Waals surface area contributed by atoms with E-state index in [1.165, 1.54) is 5.56 Å². The van der Waals surface area contributed by atoms with Crippen molar-refractivity contribution in [3.8, 4) is 5.75 Å². The van der Waals surface area contributed by atoms with Crippen molar-refractivity contribution in [3.63, 3.8) is 0 Å². The summed E-state index contributed by atoms with van der Waals surface area (Å²) in [6, 6.07) is 6.20. The predicted octanol–water partition coefficient (Wildman–Crippen LogP) is 2.35. The molecule has 0 unspecified atom stereocenters. The summed E-state index contributed by atoms with van der Waals surface area (Å²) in [5.41, 5.74) is 8.26. The van der Waals surface area contributed by atoms with E-state index >= 15 is 0 Å². The van der Waals surface area contributed by atoms with Gasteiger partial charge in [-0.15, -0.1) is 0 Å². The zero-order chi connectivity index (χ0) is 12.8. The van der Waals surface area contributed by atoms with Crippen molar-refractivity contribution < 1.29 is 4.74 Å². The fourth-order valence-corrected chi connectivity index (χ4v) is 1.72. The summed E-state index contributed by atoms with van der Waals surface area (Å²) in [5.74, 6) is 0.921. The van der Waals surface area contributed by atoms with E-state index in [0.29, 0.717) is 0 Å². The van der Waals surface area contributed by atoms with Crippen LogP contribution >= 0.6 is 0 Å². The second kappa shape index (κ2) is 6.62. The molecule has 3 nitrogen and oxygen atoms in total. The van der Waals surface area contributed by atoms with Crippen LogP contribution in [0.4, 0.5) is 0 Å². The summed E-state index contributed by atoms with van der Waals surface area (Å²) < 4.78 is 5.80. The van der Waals surface area contributed by atoms with Crippen LogP contribution in [0.15, 0.2) is 18.2 Å². The minimum Gasteiger partial charge on any atom is -0.493 e. The van der Waals surface area contributed by atoms with Crippen LogP contribution in [0.1, 0.15) is 30.5 Å². The highest BCUT2D eigenvalue weighted by atomic mass is 16.5. The maximum Gasteiger partial charge on any atom is 0.124 e. The summed E-state index contributed by atoms with van der Waals surface area (Å²) in [4.78, 5) is 2.16. The molecule has 0 radical (unpaired) electrons. The van der Waals surface area contributed by atoms with E-state index in [-0.39, 0.29) is 6.04 Å². The Labute approximate surface area is 105 Å². The Hall–Kier alpha value is -1.06. The van der Waals surface area contributed by atoms with Crippen LogP contribution in [0, 0.1) is 6.92 Å². The third kappa shape index (κ3) is 4.75. The van der Waals surface area contributed by atoms with E-state index in [1.807, 2.05) is 13.0 Å². The summed E-state index contributed by atoms with van der Waals surface area (Å²) in [6.07, 6.45) is 1.03. The average molecular weight is 236 g/mol. The number of aryl methyl sites for hydroxylation is 1. The van der Waals surface area contributed by atoms with Crippen molar-refractivity contribution in [1.29, 1.82) is 0 Å². The number of nitrogens with two attached hydrogens (primary N) is 1. The second-order valence-electron chi connectivity index (χ2n) is 4.84. The smallest absolute Gasteiger partial charge is 0.124 e. The highest BCUT2D eigenvalue weighted by molar-refractivity contribution is 5.38. The van der Waals surface area contributed by atoms with E-state index in [1.54, 1.807) is 0 Å². The van der Waals surface area contributed by atoms with Gasteiger partial charge in [0.05, 0.1) is 6.61 Å².